The fraction of sp³-hybridized carbons (Fsp3) is 0.226. The van der Waals surface area contributed by atoms with E-state index in [0.717, 1.165) is 34.2 Å². The van der Waals surface area contributed by atoms with Crippen LogP contribution in [0, 0.1) is 0 Å². The summed E-state index contributed by atoms with van der Waals surface area (Å²) in [6.45, 7) is 1.62. The molecule has 1 aliphatic rings. The quantitative estimate of drug-likeness (QED) is 0.155. The highest BCUT2D eigenvalue weighted by molar-refractivity contribution is 7.98. The van der Waals surface area contributed by atoms with Gasteiger partial charge in [0, 0.05) is 43.7 Å². The molecular weight excluding hydrogens is 664 g/mol. The van der Waals surface area contributed by atoms with Crippen molar-refractivity contribution in [1.29, 1.82) is 0 Å². The van der Waals surface area contributed by atoms with Crippen molar-refractivity contribution in [2.75, 3.05) is 31.1 Å². The lowest BCUT2D eigenvalue weighted by molar-refractivity contribution is -0.137. The Kier molecular flexibility index (Phi) is 9.36. The van der Waals surface area contributed by atoms with Crippen molar-refractivity contribution in [2.24, 2.45) is 0 Å². The zero-order valence-electron chi connectivity index (χ0n) is 23.5. The van der Waals surface area contributed by atoms with Crippen LogP contribution >= 0.6 is 46.3 Å². The third kappa shape index (κ3) is 7.30. The minimum Gasteiger partial charge on any atom is -0.368 e. The molecule has 1 fully saturated rings. The predicted octanol–water partition coefficient (Wildman–Crippen LogP) is 7.89. The van der Waals surface area contributed by atoms with Gasteiger partial charge >= 0.3 is 6.18 Å². The number of piperazine rings is 1. The van der Waals surface area contributed by atoms with Gasteiger partial charge in [0.05, 0.1) is 27.0 Å². The third-order valence-corrected chi connectivity index (χ3v) is 9.98. The Balaban J connectivity index is 1.12. The molecule has 0 bridgehead atoms. The number of thiazole rings is 1. The van der Waals surface area contributed by atoms with Crippen LogP contribution in [0.15, 0.2) is 83.3 Å². The second-order valence-corrected chi connectivity index (χ2v) is 12.9. The molecule has 1 aliphatic heterocycles. The second kappa shape index (κ2) is 13.4. The van der Waals surface area contributed by atoms with Gasteiger partial charge in [-0.25, -0.2) is 4.98 Å². The topological polar surface area (TPSA) is 67.2 Å². The average molecular weight is 690 g/mol. The number of carbonyl (C=O) groups excluding carboxylic acids is 1. The van der Waals surface area contributed by atoms with Crippen molar-refractivity contribution < 1.29 is 18.0 Å². The van der Waals surface area contributed by atoms with Gasteiger partial charge in [-0.15, -0.1) is 21.5 Å². The minimum absolute atomic E-state index is 0.199. The molecule has 1 amide bonds. The Labute approximate surface area is 275 Å². The average Bonchev–Trinajstić information content (AvgIpc) is 3.68. The van der Waals surface area contributed by atoms with Crippen LogP contribution in [-0.2, 0) is 18.3 Å². The molecule has 0 N–H and O–H groups in total. The standard InChI is InChI=1S/C31H25Cl2F3N6OS2/c32-24-10-9-23(17-25(24)33)42-27(15-20-5-2-1-3-6-20)38-39-30(42)45-19-28-37-26(18-44-28)29(43)41-13-11-40(12-14-41)22-8-4-7-21(16-22)31(34,35)36/h1-10,16-18H,11-15,19H2. The monoisotopic (exact) mass is 688 g/mol. The van der Waals surface area contributed by atoms with Gasteiger partial charge in [0.15, 0.2) is 5.16 Å². The lowest BCUT2D eigenvalue weighted by Gasteiger charge is -2.36. The minimum atomic E-state index is -4.40. The molecule has 0 saturated carbocycles. The molecule has 5 aromatic rings. The molecule has 0 aliphatic carbocycles. The third-order valence-electron chi connectivity index (χ3n) is 7.27. The van der Waals surface area contributed by atoms with Crippen LogP contribution in [0.4, 0.5) is 18.9 Å². The molecule has 3 heterocycles. The maximum absolute atomic E-state index is 13.2. The van der Waals surface area contributed by atoms with E-state index >= 15 is 0 Å². The lowest BCUT2D eigenvalue weighted by Crippen LogP contribution is -2.49. The molecule has 0 atom stereocenters. The van der Waals surface area contributed by atoms with Crippen LogP contribution in [0.3, 0.4) is 0 Å². The first-order valence-corrected chi connectivity index (χ1v) is 16.5. The highest BCUT2D eigenvalue weighted by Crippen LogP contribution is 2.33. The molecule has 45 heavy (non-hydrogen) atoms. The van der Waals surface area contributed by atoms with E-state index in [0.29, 0.717) is 64.9 Å². The van der Waals surface area contributed by atoms with Gasteiger partial charge in [0.2, 0.25) is 0 Å². The van der Waals surface area contributed by atoms with Gasteiger partial charge in [-0.3, -0.25) is 9.36 Å². The Morgan fingerprint density at radius 2 is 1.67 bits per heavy atom. The van der Waals surface area contributed by atoms with E-state index in [1.807, 2.05) is 45.9 Å². The number of benzene rings is 3. The first-order chi connectivity index (χ1) is 21.7. The molecule has 0 spiro atoms. The van der Waals surface area contributed by atoms with Gasteiger partial charge in [0.1, 0.15) is 16.5 Å². The zero-order valence-corrected chi connectivity index (χ0v) is 26.7. The van der Waals surface area contributed by atoms with Crippen LogP contribution in [0.1, 0.15) is 32.4 Å². The van der Waals surface area contributed by atoms with Gasteiger partial charge < -0.3 is 9.80 Å². The number of halogens is 5. The Morgan fingerprint density at radius 1 is 0.889 bits per heavy atom. The van der Waals surface area contributed by atoms with Crippen LogP contribution in [0.25, 0.3) is 5.69 Å². The van der Waals surface area contributed by atoms with Gasteiger partial charge in [0.25, 0.3) is 5.91 Å². The highest BCUT2D eigenvalue weighted by Gasteiger charge is 2.31. The number of thioether (sulfide) groups is 1. The van der Waals surface area contributed by atoms with Gasteiger partial charge in [-0.1, -0.05) is 71.4 Å². The zero-order chi connectivity index (χ0) is 31.6. The number of carbonyl (C=O) groups is 1. The molecule has 7 nitrogen and oxygen atoms in total. The number of hydrogen-bond donors (Lipinski definition) is 0. The summed E-state index contributed by atoms with van der Waals surface area (Å²) in [5.41, 5.74) is 2.02. The lowest BCUT2D eigenvalue weighted by atomic mass is 10.1. The summed E-state index contributed by atoms with van der Waals surface area (Å²) in [6.07, 6.45) is -3.84. The number of alkyl halides is 3. The van der Waals surface area contributed by atoms with E-state index in [1.54, 1.807) is 28.5 Å². The largest absolute Gasteiger partial charge is 0.416 e. The molecule has 14 heteroatoms. The smallest absolute Gasteiger partial charge is 0.368 e. The number of hydrogen-bond acceptors (Lipinski definition) is 7. The maximum atomic E-state index is 13.2. The summed E-state index contributed by atoms with van der Waals surface area (Å²) in [5.74, 6) is 1.00. The normalized spacial score (nSPS) is 13.8. The van der Waals surface area contributed by atoms with Crippen molar-refractivity contribution in [3.8, 4) is 5.69 Å². The summed E-state index contributed by atoms with van der Waals surface area (Å²) in [6, 6.07) is 20.6. The molecule has 2 aromatic heterocycles. The molecule has 0 radical (unpaired) electrons. The number of aromatic nitrogens is 4. The number of anilines is 1. The van der Waals surface area contributed by atoms with Crippen LogP contribution < -0.4 is 4.90 Å². The molecule has 232 valence electrons. The number of amides is 1. The Bertz CT molecular complexity index is 1810. The van der Waals surface area contributed by atoms with Crippen LogP contribution in [0.2, 0.25) is 10.0 Å². The summed E-state index contributed by atoms with van der Waals surface area (Å²) in [4.78, 5) is 21.4. The summed E-state index contributed by atoms with van der Waals surface area (Å²) < 4.78 is 41.4. The van der Waals surface area contributed by atoms with E-state index in [9.17, 15) is 18.0 Å². The van der Waals surface area contributed by atoms with Gasteiger partial charge in [-0.05, 0) is 42.0 Å². The highest BCUT2D eigenvalue weighted by atomic mass is 35.5. The Hall–Kier alpha value is -3.58. The first kappa shape index (κ1) is 31.4. The fourth-order valence-electron chi connectivity index (χ4n) is 4.98. The molecular formula is C31H25Cl2F3N6OS2. The van der Waals surface area contributed by atoms with E-state index in [-0.39, 0.29) is 5.91 Å². The number of rotatable bonds is 8. The van der Waals surface area contributed by atoms with E-state index in [4.69, 9.17) is 23.2 Å². The second-order valence-electron chi connectivity index (χ2n) is 10.2. The number of nitrogens with zero attached hydrogens (tertiary/aromatic N) is 6. The van der Waals surface area contributed by atoms with Crippen molar-refractivity contribution in [1.82, 2.24) is 24.6 Å². The van der Waals surface area contributed by atoms with E-state index < -0.39 is 11.7 Å². The predicted molar refractivity (Wildman–Crippen MR) is 172 cm³/mol. The maximum Gasteiger partial charge on any atom is 0.416 e. The molecule has 6 rings (SSSR count). The summed E-state index contributed by atoms with van der Waals surface area (Å²) >= 11 is 15.4. The first-order valence-electron chi connectivity index (χ1n) is 13.9. The van der Waals surface area contributed by atoms with Crippen molar-refractivity contribution in [3.05, 3.63) is 116 Å². The molecule has 3 aromatic carbocycles. The molecule has 0 unspecified atom stereocenters. The summed E-state index contributed by atoms with van der Waals surface area (Å²) in [7, 11) is 0. The SMILES string of the molecule is O=C(c1csc(CSc2nnc(Cc3ccccc3)n2-c2ccc(Cl)c(Cl)c2)n1)N1CCN(c2cccc(C(F)(F)F)c2)CC1. The summed E-state index contributed by atoms with van der Waals surface area (Å²) in [5, 5.41) is 12.9. The van der Waals surface area contributed by atoms with E-state index in [2.05, 4.69) is 15.2 Å². The van der Waals surface area contributed by atoms with Crippen molar-refractivity contribution in [2.45, 2.75) is 23.5 Å². The van der Waals surface area contributed by atoms with Crippen LogP contribution in [-0.4, -0.2) is 56.7 Å². The van der Waals surface area contributed by atoms with E-state index in [1.165, 1.54) is 29.2 Å². The Morgan fingerprint density at radius 3 is 2.40 bits per heavy atom. The van der Waals surface area contributed by atoms with Crippen molar-refractivity contribution in [3.63, 3.8) is 0 Å². The van der Waals surface area contributed by atoms with Gasteiger partial charge in [-0.2, -0.15) is 13.2 Å². The van der Waals surface area contributed by atoms with Crippen molar-refractivity contribution >= 4 is 57.9 Å². The van der Waals surface area contributed by atoms with Crippen LogP contribution in [0.5, 0.6) is 0 Å². The fourth-order valence-corrected chi connectivity index (χ4v) is 7.03. The molecule has 1 saturated heterocycles.